The molecule has 66 valence electrons. The molecule has 0 aliphatic carbocycles. The van der Waals surface area contributed by atoms with Crippen LogP contribution in [0.15, 0.2) is 27.6 Å². The zero-order valence-electron chi connectivity index (χ0n) is 6.57. The maximum absolute atomic E-state index is 5.69. The molecule has 0 saturated carbocycles. The third kappa shape index (κ3) is 1.57. The number of rotatable bonds is 1. The second-order valence-electron chi connectivity index (χ2n) is 2.42. The van der Waals surface area contributed by atoms with Crippen molar-refractivity contribution in [3.8, 4) is 11.3 Å². The first-order valence-corrected chi connectivity index (χ1v) is 5.31. The van der Waals surface area contributed by atoms with Crippen molar-refractivity contribution in [3.05, 3.63) is 27.6 Å². The standard InChI is InChI=1S/C8H6BrN3S/c9-6-4-13-3-5(6)7-8(10)12-2-1-11-7/h1-4H,(H2,10,12). The van der Waals surface area contributed by atoms with Gasteiger partial charge in [-0.25, -0.2) is 4.98 Å². The summed E-state index contributed by atoms with van der Waals surface area (Å²) < 4.78 is 1.00. The molecule has 2 rings (SSSR count). The van der Waals surface area contributed by atoms with Crippen molar-refractivity contribution in [2.75, 3.05) is 5.73 Å². The van der Waals surface area contributed by atoms with Crippen molar-refractivity contribution in [3.63, 3.8) is 0 Å². The molecule has 0 aliphatic heterocycles. The second-order valence-corrected chi connectivity index (χ2v) is 4.02. The number of nitrogen functional groups attached to an aromatic ring is 1. The fraction of sp³-hybridized carbons (Fsp3) is 0. The Labute approximate surface area is 87.8 Å². The summed E-state index contributed by atoms with van der Waals surface area (Å²) in [6.45, 7) is 0. The minimum absolute atomic E-state index is 0.460. The average molecular weight is 256 g/mol. The van der Waals surface area contributed by atoms with Crippen molar-refractivity contribution < 1.29 is 0 Å². The van der Waals surface area contributed by atoms with E-state index in [1.54, 1.807) is 23.7 Å². The number of hydrogen-bond donors (Lipinski definition) is 1. The van der Waals surface area contributed by atoms with Crippen LogP contribution < -0.4 is 5.73 Å². The van der Waals surface area contributed by atoms with E-state index in [2.05, 4.69) is 25.9 Å². The number of thiophene rings is 1. The highest BCUT2D eigenvalue weighted by Gasteiger charge is 2.08. The lowest BCUT2D eigenvalue weighted by molar-refractivity contribution is 1.22. The molecule has 5 heteroatoms. The molecule has 0 bridgehead atoms. The number of anilines is 1. The molecular weight excluding hydrogens is 250 g/mol. The highest BCUT2D eigenvalue weighted by Crippen LogP contribution is 2.32. The number of aromatic nitrogens is 2. The molecule has 0 radical (unpaired) electrons. The van der Waals surface area contributed by atoms with E-state index in [0.29, 0.717) is 5.82 Å². The number of hydrogen-bond acceptors (Lipinski definition) is 4. The van der Waals surface area contributed by atoms with Crippen LogP contribution in [-0.2, 0) is 0 Å². The van der Waals surface area contributed by atoms with E-state index in [-0.39, 0.29) is 0 Å². The maximum Gasteiger partial charge on any atom is 0.150 e. The van der Waals surface area contributed by atoms with E-state index in [0.717, 1.165) is 15.7 Å². The van der Waals surface area contributed by atoms with E-state index in [1.165, 1.54) is 0 Å². The van der Waals surface area contributed by atoms with Crippen LogP contribution in [0.4, 0.5) is 5.82 Å². The Morgan fingerprint density at radius 2 is 2.00 bits per heavy atom. The molecule has 0 amide bonds. The van der Waals surface area contributed by atoms with Crippen LogP contribution in [0.5, 0.6) is 0 Å². The van der Waals surface area contributed by atoms with Gasteiger partial charge in [0.1, 0.15) is 11.5 Å². The number of nitrogens with two attached hydrogens (primary N) is 1. The Morgan fingerprint density at radius 1 is 1.23 bits per heavy atom. The van der Waals surface area contributed by atoms with Gasteiger partial charge < -0.3 is 5.73 Å². The largest absolute Gasteiger partial charge is 0.382 e. The van der Waals surface area contributed by atoms with Gasteiger partial charge in [-0.1, -0.05) is 0 Å². The Balaban J connectivity index is 2.59. The van der Waals surface area contributed by atoms with Gasteiger partial charge in [-0.15, -0.1) is 0 Å². The highest BCUT2D eigenvalue weighted by molar-refractivity contribution is 9.10. The third-order valence-electron chi connectivity index (χ3n) is 1.60. The highest BCUT2D eigenvalue weighted by atomic mass is 79.9. The van der Waals surface area contributed by atoms with Gasteiger partial charge in [0.2, 0.25) is 0 Å². The summed E-state index contributed by atoms with van der Waals surface area (Å²) in [6, 6.07) is 0. The van der Waals surface area contributed by atoms with Crippen LogP contribution in [0.3, 0.4) is 0 Å². The summed E-state index contributed by atoms with van der Waals surface area (Å²) >= 11 is 5.02. The lowest BCUT2D eigenvalue weighted by Gasteiger charge is -2.00. The summed E-state index contributed by atoms with van der Waals surface area (Å²) in [7, 11) is 0. The first kappa shape index (κ1) is 8.65. The third-order valence-corrected chi connectivity index (χ3v) is 3.30. The molecule has 0 spiro atoms. The predicted octanol–water partition coefficient (Wildman–Crippen LogP) is 2.55. The van der Waals surface area contributed by atoms with Gasteiger partial charge in [-0.3, -0.25) is 4.98 Å². The Hall–Kier alpha value is -0.940. The first-order chi connectivity index (χ1) is 6.29. The molecule has 0 atom stereocenters. The van der Waals surface area contributed by atoms with Crippen molar-refractivity contribution in [1.29, 1.82) is 0 Å². The molecule has 3 nitrogen and oxygen atoms in total. The van der Waals surface area contributed by atoms with Crippen molar-refractivity contribution in [2.45, 2.75) is 0 Å². The molecule has 2 N–H and O–H groups in total. The van der Waals surface area contributed by atoms with E-state index in [1.807, 2.05) is 10.8 Å². The first-order valence-electron chi connectivity index (χ1n) is 3.57. The summed E-state index contributed by atoms with van der Waals surface area (Å²) in [6.07, 6.45) is 3.22. The van der Waals surface area contributed by atoms with Crippen LogP contribution in [0.1, 0.15) is 0 Å². The van der Waals surface area contributed by atoms with Crippen LogP contribution in [0.25, 0.3) is 11.3 Å². The molecular formula is C8H6BrN3S. The van der Waals surface area contributed by atoms with Crippen molar-refractivity contribution in [1.82, 2.24) is 9.97 Å². The molecule has 2 heterocycles. The van der Waals surface area contributed by atoms with E-state index < -0.39 is 0 Å². The fourth-order valence-corrected chi connectivity index (χ4v) is 2.47. The summed E-state index contributed by atoms with van der Waals surface area (Å²) in [5.41, 5.74) is 7.42. The molecule has 2 aromatic rings. The molecule has 13 heavy (non-hydrogen) atoms. The lowest BCUT2D eigenvalue weighted by atomic mass is 10.2. The molecule has 0 fully saturated rings. The maximum atomic E-state index is 5.69. The Morgan fingerprint density at radius 3 is 2.62 bits per heavy atom. The lowest BCUT2D eigenvalue weighted by Crippen LogP contribution is -1.95. The number of halogens is 1. The zero-order valence-corrected chi connectivity index (χ0v) is 8.97. The minimum atomic E-state index is 0.460. The summed E-state index contributed by atoms with van der Waals surface area (Å²) in [5.74, 6) is 0.460. The quantitative estimate of drug-likeness (QED) is 0.853. The van der Waals surface area contributed by atoms with Gasteiger partial charge in [0.05, 0.1) is 0 Å². The summed E-state index contributed by atoms with van der Waals surface area (Å²) in [5, 5.41) is 3.98. The normalized spacial score (nSPS) is 10.2. The van der Waals surface area contributed by atoms with Gasteiger partial charge in [-0.2, -0.15) is 11.3 Å². The Bertz CT molecular complexity index is 427. The molecule has 0 saturated heterocycles. The van der Waals surface area contributed by atoms with Crippen molar-refractivity contribution >= 4 is 33.1 Å². The van der Waals surface area contributed by atoms with E-state index >= 15 is 0 Å². The van der Waals surface area contributed by atoms with E-state index in [4.69, 9.17) is 5.73 Å². The molecule has 0 unspecified atom stereocenters. The van der Waals surface area contributed by atoms with E-state index in [9.17, 15) is 0 Å². The zero-order chi connectivity index (χ0) is 9.26. The fourth-order valence-electron chi connectivity index (χ4n) is 1.01. The van der Waals surface area contributed by atoms with Crippen LogP contribution in [-0.4, -0.2) is 9.97 Å². The monoisotopic (exact) mass is 255 g/mol. The van der Waals surface area contributed by atoms with Gasteiger partial charge in [-0.05, 0) is 15.9 Å². The summed E-state index contributed by atoms with van der Waals surface area (Å²) in [4.78, 5) is 8.15. The average Bonchev–Trinajstić information content (AvgIpc) is 2.52. The smallest absolute Gasteiger partial charge is 0.150 e. The van der Waals surface area contributed by atoms with Gasteiger partial charge in [0.15, 0.2) is 0 Å². The Kier molecular flexibility index (Phi) is 2.28. The van der Waals surface area contributed by atoms with Crippen molar-refractivity contribution in [2.24, 2.45) is 0 Å². The minimum Gasteiger partial charge on any atom is -0.382 e. The van der Waals surface area contributed by atoms with Gasteiger partial charge >= 0.3 is 0 Å². The van der Waals surface area contributed by atoms with Crippen LogP contribution in [0.2, 0.25) is 0 Å². The predicted molar refractivity (Wildman–Crippen MR) is 57.5 cm³/mol. The number of nitrogens with zero attached hydrogens (tertiary/aromatic N) is 2. The van der Waals surface area contributed by atoms with Gasteiger partial charge in [0, 0.05) is 33.2 Å². The topological polar surface area (TPSA) is 51.8 Å². The van der Waals surface area contributed by atoms with Crippen LogP contribution in [0, 0.1) is 0 Å². The van der Waals surface area contributed by atoms with Gasteiger partial charge in [0.25, 0.3) is 0 Å². The molecule has 0 aliphatic rings. The van der Waals surface area contributed by atoms with Crippen LogP contribution >= 0.6 is 27.3 Å². The second kappa shape index (κ2) is 3.43. The molecule has 0 aromatic carbocycles. The molecule has 2 aromatic heterocycles. The SMILES string of the molecule is Nc1nccnc1-c1cscc1Br.